The highest BCUT2D eigenvalue weighted by molar-refractivity contribution is 5.88. The summed E-state index contributed by atoms with van der Waals surface area (Å²) < 4.78 is 10.8. The van der Waals surface area contributed by atoms with E-state index < -0.39 is 6.10 Å². The van der Waals surface area contributed by atoms with Crippen LogP contribution in [0.3, 0.4) is 0 Å². The smallest absolute Gasteiger partial charge is 0.161 e. The third-order valence-corrected chi connectivity index (χ3v) is 4.95. The summed E-state index contributed by atoms with van der Waals surface area (Å²) in [6.07, 6.45) is 7.21. The summed E-state index contributed by atoms with van der Waals surface area (Å²) in [6.45, 7) is 0. The van der Waals surface area contributed by atoms with Gasteiger partial charge in [-0.15, -0.1) is 0 Å². The highest BCUT2D eigenvalue weighted by Gasteiger charge is 2.21. The molecule has 0 saturated carbocycles. The van der Waals surface area contributed by atoms with Gasteiger partial charge in [-0.3, -0.25) is 4.98 Å². The summed E-state index contributed by atoms with van der Waals surface area (Å²) in [5, 5.41) is 13.0. The number of aromatic nitrogens is 1. The van der Waals surface area contributed by atoms with Gasteiger partial charge in [-0.2, -0.15) is 0 Å². The van der Waals surface area contributed by atoms with Crippen molar-refractivity contribution < 1.29 is 14.6 Å². The molecule has 132 valence electrons. The van der Waals surface area contributed by atoms with Crippen LogP contribution < -0.4 is 9.47 Å². The fraction of sp³-hybridized carbons (Fsp3) is 0.227. The maximum absolute atomic E-state index is 11.2. The van der Waals surface area contributed by atoms with Gasteiger partial charge in [-0.1, -0.05) is 30.4 Å². The zero-order chi connectivity index (χ0) is 18.1. The molecule has 1 atom stereocenters. The highest BCUT2D eigenvalue weighted by Crippen LogP contribution is 2.37. The summed E-state index contributed by atoms with van der Waals surface area (Å²) in [5.74, 6) is 1.28. The lowest BCUT2D eigenvalue weighted by atomic mass is 9.89. The van der Waals surface area contributed by atoms with Gasteiger partial charge in [0.05, 0.1) is 19.9 Å². The lowest BCUT2D eigenvalue weighted by Crippen LogP contribution is -2.08. The second-order valence-electron chi connectivity index (χ2n) is 6.39. The Morgan fingerprint density at radius 3 is 2.69 bits per heavy atom. The van der Waals surface area contributed by atoms with Gasteiger partial charge in [0, 0.05) is 11.6 Å². The summed E-state index contributed by atoms with van der Waals surface area (Å²) in [4.78, 5) is 4.49. The Kier molecular flexibility index (Phi) is 4.35. The Balaban J connectivity index is 1.88. The molecule has 26 heavy (non-hydrogen) atoms. The average molecular weight is 347 g/mol. The average Bonchev–Trinajstić information content (AvgIpc) is 2.71. The van der Waals surface area contributed by atoms with E-state index in [2.05, 4.69) is 23.2 Å². The first-order valence-corrected chi connectivity index (χ1v) is 8.70. The Morgan fingerprint density at radius 1 is 1.08 bits per heavy atom. The van der Waals surface area contributed by atoms with E-state index >= 15 is 0 Å². The van der Waals surface area contributed by atoms with Gasteiger partial charge in [-0.05, 0) is 53.1 Å². The summed E-state index contributed by atoms with van der Waals surface area (Å²) in [5.41, 5.74) is 3.87. The lowest BCUT2D eigenvalue weighted by molar-refractivity contribution is 0.216. The molecule has 0 fully saturated rings. The van der Waals surface area contributed by atoms with Crippen LogP contribution in [0.15, 0.2) is 48.7 Å². The number of hydrogen-bond acceptors (Lipinski definition) is 4. The van der Waals surface area contributed by atoms with Crippen molar-refractivity contribution in [2.45, 2.75) is 18.9 Å². The molecule has 0 radical (unpaired) electrons. The van der Waals surface area contributed by atoms with Gasteiger partial charge in [0.15, 0.2) is 11.5 Å². The molecule has 4 rings (SSSR count). The number of allylic oxidation sites excluding steroid dienone is 1. The molecule has 0 spiro atoms. The molecule has 0 amide bonds. The van der Waals surface area contributed by atoms with E-state index in [9.17, 15) is 5.11 Å². The minimum Gasteiger partial charge on any atom is -0.493 e. The van der Waals surface area contributed by atoms with Crippen LogP contribution in [0.1, 0.15) is 34.9 Å². The first-order chi connectivity index (χ1) is 12.7. The maximum Gasteiger partial charge on any atom is 0.161 e. The van der Waals surface area contributed by atoms with Crippen LogP contribution in [0.5, 0.6) is 11.5 Å². The van der Waals surface area contributed by atoms with Crippen LogP contribution in [0.2, 0.25) is 0 Å². The first kappa shape index (κ1) is 16.6. The van der Waals surface area contributed by atoms with E-state index in [1.807, 2.05) is 30.3 Å². The minimum atomic E-state index is -0.811. The molecular weight excluding hydrogens is 326 g/mol. The van der Waals surface area contributed by atoms with Crippen molar-refractivity contribution in [3.8, 4) is 11.5 Å². The van der Waals surface area contributed by atoms with E-state index in [1.54, 1.807) is 20.4 Å². The zero-order valence-corrected chi connectivity index (χ0v) is 14.9. The molecule has 1 aromatic heterocycles. The van der Waals surface area contributed by atoms with Crippen LogP contribution in [-0.4, -0.2) is 24.3 Å². The number of methoxy groups -OCH3 is 2. The second kappa shape index (κ2) is 6.81. The third-order valence-electron chi connectivity index (χ3n) is 4.95. The molecule has 0 aliphatic heterocycles. The summed E-state index contributed by atoms with van der Waals surface area (Å²) in [7, 11) is 3.22. The number of benzene rings is 2. The first-order valence-electron chi connectivity index (χ1n) is 8.70. The predicted octanol–water partition coefficient (Wildman–Crippen LogP) is 4.29. The van der Waals surface area contributed by atoms with Crippen LogP contribution in [-0.2, 0) is 6.42 Å². The monoisotopic (exact) mass is 347 g/mol. The second-order valence-corrected chi connectivity index (χ2v) is 6.39. The van der Waals surface area contributed by atoms with Crippen molar-refractivity contribution in [1.29, 1.82) is 0 Å². The number of aliphatic hydroxyl groups excluding tert-OH is 1. The Bertz CT molecular complexity index is 994. The largest absolute Gasteiger partial charge is 0.493 e. The van der Waals surface area contributed by atoms with Crippen LogP contribution in [0, 0.1) is 0 Å². The van der Waals surface area contributed by atoms with E-state index in [1.165, 1.54) is 5.56 Å². The molecular formula is C22H21NO3. The molecule has 1 N–H and O–H groups in total. The Labute approximate surface area is 152 Å². The van der Waals surface area contributed by atoms with Crippen molar-refractivity contribution in [3.05, 3.63) is 71.1 Å². The number of nitrogens with zero attached hydrogens (tertiary/aromatic N) is 1. The van der Waals surface area contributed by atoms with Crippen LogP contribution in [0.4, 0.5) is 0 Å². The van der Waals surface area contributed by atoms with Gasteiger partial charge < -0.3 is 14.6 Å². The van der Waals surface area contributed by atoms with Crippen molar-refractivity contribution >= 4 is 16.8 Å². The number of aryl methyl sites for hydroxylation is 1. The molecule has 1 aliphatic carbocycles. The molecule has 0 bridgehead atoms. The maximum atomic E-state index is 11.2. The molecule has 1 aliphatic rings. The molecule has 1 heterocycles. The Morgan fingerprint density at radius 2 is 1.88 bits per heavy atom. The van der Waals surface area contributed by atoms with Crippen molar-refractivity contribution in [2.24, 2.45) is 0 Å². The van der Waals surface area contributed by atoms with Crippen molar-refractivity contribution in [1.82, 2.24) is 4.98 Å². The standard InChI is InChI=1S/C22H21NO3/c1-25-19-12-15-10-11-23-21(18(15)13-20(19)26-2)22(24)17-9-5-7-14-6-3-4-8-16(14)17/h4-5,7-13,22,24H,3,6H2,1-2H3. The number of fused-ring (bicyclic) bond motifs is 2. The van der Waals surface area contributed by atoms with Gasteiger partial charge in [0.2, 0.25) is 0 Å². The molecule has 4 heteroatoms. The molecule has 1 unspecified atom stereocenters. The minimum absolute atomic E-state index is 0.621. The predicted molar refractivity (Wildman–Crippen MR) is 103 cm³/mol. The quantitative estimate of drug-likeness (QED) is 0.765. The van der Waals surface area contributed by atoms with Gasteiger partial charge in [0.25, 0.3) is 0 Å². The topological polar surface area (TPSA) is 51.6 Å². The number of ether oxygens (including phenoxy) is 2. The third kappa shape index (κ3) is 2.72. The number of rotatable bonds is 4. The molecule has 4 nitrogen and oxygen atoms in total. The van der Waals surface area contributed by atoms with Gasteiger partial charge >= 0.3 is 0 Å². The Hall–Kier alpha value is -2.85. The van der Waals surface area contributed by atoms with Crippen LogP contribution >= 0.6 is 0 Å². The van der Waals surface area contributed by atoms with E-state index in [0.717, 1.165) is 34.7 Å². The summed E-state index contributed by atoms with van der Waals surface area (Å²) >= 11 is 0. The number of hydrogen-bond donors (Lipinski definition) is 1. The number of pyridine rings is 1. The van der Waals surface area contributed by atoms with Gasteiger partial charge in [0.1, 0.15) is 6.10 Å². The van der Waals surface area contributed by atoms with E-state index in [-0.39, 0.29) is 0 Å². The zero-order valence-electron chi connectivity index (χ0n) is 14.9. The molecule has 3 aromatic rings. The molecule has 0 saturated heterocycles. The SMILES string of the molecule is COc1cc2ccnc(C(O)c3cccc4c3C=CCC4)c2cc1OC. The van der Waals surface area contributed by atoms with Gasteiger partial charge in [-0.25, -0.2) is 0 Å². The number of aliphatic hydroxyl groups is 1. The van der Waals surface area contributed by atoms with E-state index in [4.69, 9.17) is 9.47 Å². The van der Waals surface area contributed by atoms with Crippen molar-refractivity contribution in [3.63, 3.8) is 0 Å². The van der Waals surface area contributed by atoms with E-state index in [0.29, 0.717) is 17.2 Å². The normalized spacial score (nSPS) is 14.1. The summed E-state index contributed by atoms with van der Waals surface area (Å²) in [6, 6.07) is 11.8. The fourth-order valence-electron chi connectivity index (χ4n) is 3.62. The molecule has 2 aromatic carbocycles. The van der Waals surface area contributed by atoms with Crippen LogP contribution in [0.25, 0.3) is 16.8 Å². The highest BCUT2D eigenvalue weighted by atomic mass is 16.5. The fourth-order valence-corrected chi connectivity index (χ4v) is 3.62. The lowest BCUT2D eigenvalue weighted by Gasteiger charge is -2.20. The van der Waals surface area contributed by atoms with Crippen molar-refractivity contribution in [2.75, 3.05) is 14.2 Å².